The summed E-state index contributed by atoms with van der Waals surface area (Å²) >= 11 is 1.18. The molecule has 1 N–H and O–H groups in total. The maximum absolute atomic E-state index is 11.3. The van der Waals surface area contributed by atoms with Gasteiger partial charge in [0.1, 0.15) is 12.4 Å². The van der Waals surface area contributed by atoms with Gasteiger partial charge in [-0.2, -0.15) is 0 Å². The van der Waals surface area contributed by atoms with Gasteiger partial charge in [0.15, 0.2) is 0 Å². The van der Waals surface area contributed by atoms with Crippen LogP contribution in [0, 0.1) is 11.8 Å². The number of thiazole rings is 1. The van der Waals surface area contributed by atoms with Gasteiger partial charge in [-0.05, 0) is 24.3 Å². The van der Waals surface area contributed by atoms with E-state index in [1.807, 2.05) is 24.3 Å². The second-order valence-electron chi connectivity index (χ2n) is 4.01. The van der Waals surface area contributed by atoms with Crippen LogP contribution >= 0.6 is 11.3 Å². The second-order valence-corrected chi connectivity index (χ2v) is 4.87. The van der Waals surface area contributed by atoms with Crippen LogP contribution in [0.5, 0.6) is 5.75 Å². The molecule has 0 radical (unpaired) electrons. The average molecular weight is 289 g/mol. The Kier molecular flexibility index (Phi) is 5.42. The molecule has 0 amide bonds. The lowest BCUT2D eigenvalue weighted by molar-refractivity contribution is 0.297. The molecule has 0 unspecified atom stereocenters. The molecule has 0 bridgehead atoms. The molecule has 0 aliphatic carbocycles. The van der Waals surface area contributed by atoms with Crippen molar-refractivity contribution in [2.75, 3.05) is 13.2 Å². The quantitative estimate of drug-likeness (QED) is 0.853. The smallest absolute Gasteiger partial charge is 0.307 e. The monoisotopic (exact) mass is 289 g/mol. The highest BCUT2D eigenvalue weighted by Gasteiger charge is 1.97. The summed E-state index contributed by atoms with van der Waals surface area (Å²) in [5.41, 5.74) is 0.889. The lowest BCUT2D eigenvalue weighted by Crippen LogP contribution is -2.16. The van der Waals surface area contributed by atoms with Crippen LogP contribution < -0.4 is 9.61 Å². The van der Waals surface area contributed by atoms with E-state index in [2.05, 4.69) is 11.8 Å². The van der Waals surface area contributed by atoms with Crippen molar-refractivity contribution in [3.05, 3.63) is 51.1 Å². The molecule has 4 nitrogen and oxygen atoms in total. The number of aliphatic hydroxyl groups is 1. The minimum absolute atomic E-state index is 0.0307. The molecule has 0 fully saturated rings. The molecule has 2 aromatic rings. The molecular weight excluding hydrogens is 274 g/mol. The molecule has 5 heteroatoms. The number of aliphatic hydroxyl groups excluding tert-OH is 1. The molecule has 20 heavy (non-hydrogen) atoms. The molecule has 0 aliphatic rings. The maximum atomic E-state index is 11.3. The van der Waals surface area contributed by atoms with E-state index < -0.39 is 0 Å². The number of aromatic nitrogens is 1. The van der Waals surface area contributed by atoms with Gasteiger partial charge in [-0.25, -0.2) is 0 Å². The van der Waals surface area contributed by atoms with E-state index in [0.717, 1.165) is 11.3 Å². The van der Waals surface area contributed by atoms with Gasteiger partial charge in [-0.1, -0.05) is 23.2 Å². The lowest BCUT2D eigenvalue weighted by Gasteiger charge is -2.06. The third-order valence-corrected chi connectivity index (χ3v) is 3.26. The zero-order valence-electron chi connectivity index (χ0n) is 10.9. The fraction of sp³-hybridized carbons (Fsp3) is 0.267. The Labute approximate surface area is 121 Å². The SMILES string of the molecule is O=c1sccn1CCOc1ccc(C#CCCO)cc1. The van der Waals surface area contributed by atoms with Crippen LogP contribution in [0.2, 0.25) is 0 Å². The number of hydrogen-bond donors (Lipinski definition) is 1. The Balaban J connectivity index is 1.84. The highest BCUT2D eigenvalue weighted by atomic mass is 32.1. The summed E-state index contributed by atoms with van der Waals surface area (Å²) in [5, 5.41) is 10.4. The second kappa shape index (κ2) is 7.53. The van der Waals surface area contributed by atoms with Crippen LogP contribution in [0.1, 0.15) is 12.0 Å². The standard InChI is InChI=1S/C15H15NO3S/c17-10-2-1-3-13-4-6-14(7-5-13)19-11-8-16-9-12-20-15(16)18/h4-7,9,12,17H,2,8,10-11H2. The van der Waals surface area contributed by atoms with Gasteiger partial charge in [0.25, 0.3) is 0 Å². The molecule has 0 aliphatic heterocycles. The van der Waals surface area contributed by atoms with Gasteiger partial charge < -0.3 is 14.4 Å². The van der Waals surface area contributed by atoms with E-state index in [1.54, 1.807) is 16.1 Å². The average Bonchev–Trinajstić information content (AvgIpc) is 2.87. The van der Waals surface area contributed by atoms with Gasteiger partial charge >= 0.3 is 4.87 Å². The molecular formula is C15H15NO3S. The van der Waals surface area contributed by atoms with Crippen LogP contribution in [0.4, 0.5) is 0 Å². The number of benzene rings is 1. The van der Waals surface area contributed by atoms with E-state index >= 15 is 0 Å². The summed E-state index contributed by atoms with van der Waals surface area (Å²) < 4.78 is 7.20. The van der Waals surface area contributed by atoms with Crippen molar-refractivity contribution in [3.8, 4) is 17.6 Å². The number of ether oxygens (including phenoxy) is 1. The summed E-state index contributed by atoms with van der Waals surface area (Å²) in [4.78, 5) is 11.4. The first-order valence-corrected chi connectivity index (χ1v) is 7.14. The Morgan fingerprint density at radius 2 is 2.10 bits per heavy atom. The van der Waals surface area contributed by atoms with Crippen molar-refractivity contribution in [2.45, 2.75) is 13.0 Å². The molecule has 0 atom stereocenters. The Morgan fingerprint density at radius 3 is 2.75 bits per heavy atom. The molecule has 1 heterocycles. The first-order valence-electron chi connectivity index (χ1n) is 6.26. The first-order chi connectivity index (χ1) is 9.79. The summed E-state index contributed by atoms with van der Waals surface area (Å²) in [7, 11) is 0. The van der Waals surface area contributed by atoms with Crippen molar-refractivity contribution in [2.24, 2.45) is 0 Å². The largest absolute Gasteiger partial charge is 0.492 e. The fourth-order valence-corrected chi connectivity index (χ4v) is 2.19. The summed E-state index contributed by atoms with van der Waals surface area (Å²) in [6.07, 6.45) is 2.24. The van der Waals surface area contributed by atoms with Crippen LogP contribution in [0.3, 0.4) is 0 Å². The van der Waals surface area contributed by atoms with Crippen molar-refractivity contribution in [1.29, 1.82) is 0 Å². The minimum Gasteiger partial charge on any atom is -0.492 e. The Hall–Kier alpha value is -2.03. The highest BCUT2D eigenvalue weighted by Crippen LogP contribution is 2.11. The van der Waals surface area contributed by atoms with E-state index in [-0.39, 0.29) is 11.5 Å². The van der Waals surface area contributed by atoms with Gasteiger partial charge in [-0.3, -0.25) is 4.79 Å². The zero-order valence-corrected chi connectivity index (χ0v) is 11.7. The summed E-state index contributed by atoms with van der Waals surface area (Å²) in [6, 6.07) is 7.44. The fourth-order valence-electron chi connectivity index (χ4n) is 1.57. The first kappa shape index (κ1) is 14.4. The Morgan fingerprint density at radius 1 is 1.30 bits per heavy atom. The third-order valence-electron chi connectivity index (χ3n) is 2.57. The van der Waals surface area contributed by atoms with E-state index in [4.69, 9.17) is 9.84 Å². The van der Waals surface area contributed by atoms with Crippen molar-refractivity contribution < 1.29 is 9.84 Å². The number of hydrogen-bond acceptors (Lipinski definition) is 4. The van der Waals surface area contributed by atoms with E-state index in [9.17, 15) is 4.79 Å². The van der Waals surface area contributed by atoms with E-state index in [1.165, 1.54) is 11.3 Å². The zero-order chi connectivity index (χ0) is 14.2. The van der Waals surface area contributed by atoms with E-state index in [0.29, 0.717) is 19.6 Å². The predicted molar refractivity (Wildman–Crippen MR) is 79.1 cm³/mol. The molecule has 1 aromatic carbocycles. The van der Waals surface area contributed by atoms with Crippen LogP contribution in [-0.4, -0.2) is 22.9 Å². The lowest BCUT2D eigenvalue weighted by atomic mass is 10.2. The van der Waals surface area contributed by atoms with Crippen LogP contribution in [-0.2, 0) is 6.54 Å². The number of rotatable bonds is 5. The van der Waals surface area contributed by atoms with Gasteiger partial charge in [0.05, 0.1) is 13.2 Å². The van der Waals surface area contributed by atoms with Gasteiger partial charge in [0.2, 0.25) is 0 Å². The normalized spacial score (nSPS) is 9.85. The number of nitrogens with zero attached hydrogens (tertiary/aromatic N) is 1. The summed E-state index contributed by atoms with van der Waals surface area (Å²) in [6.45, 7) is 1.07. The van der Waals surface area contributed by atoms with Gasteiger partial charge in [-0.15, -0.1) is 0 Å². The van der Waals surface area contributed by atoms with Crippen molar-refractivity contribution in [1.82, 2.24) is 4.57 Å². The predicted octanol–water partition coefficient (Wildman–Crippen LogP) is 1.72. The Bertz CT molecular complexity index is 646. The van der Waals surface area contributed by atoms with Crippen molar-refractivity contribution in [3.63, 3.8) is 0 Å². The third kappa shape index (κ3) is 4.26. The molecule has 2 rings (SSSR count). The molecule has 0 spiro atoms. The highest BCUT2D eigenvalue weighted by molar-refractivity contribution is 7.07. The van der Waals surface area contributed by atoms with Gasteiger partial charge in [0, 0.05) is 23.6 Å². The molecule has 0 saturated carbocycles. The topological polar surface area (TPSA) is 51.5 Å². The van der Waals surface area contributed by atoms with Crippen LogP contribution in [0.15, 0.2) is 40.6 Å². The van der Waals surface area contributed by atoms with Crippen molar-refractivity contribution >= 4 is 11.3 Å². The van der Waals surface area contributed by atoms with Crippen LogP contribution in [0.25, 0.3) is 0 Å². The molecule has 104 valence electrons. The molecule has 0 saturated heterocycles. The maximum Gasteiger partial charge on any atom is 0.307 e. The minimum atomic E-state index is 0.0307. The summed E-state index contributed by atoms with van der Waals surface area (Å²) in [5.74, 6) is 6.56. The molecule has 1 aromatic heterocycles.